The highest BCUT2D eigenvalue weighted by Gasteiger charge is 2.01. The zero-order valence-corrected chi connectivity index (χ0v) is 5.37. The van der Waals surface area contributed by atoms with E-state index in [0.717, 1.165) is 5.56 Å². The fraction of sp³-hybridized carbons (Fsp3) is 0.111. The molecule has 0 amide bonds. The zero-order valence-electron chi connectivity index (χ0n) is 7.37. The van der Waals surface area contributed by atoms with Crippen molar-refractivity contribution in [2.45, 2.75) is 0 Å². The predicted molar refractivity (Wildman–Crippen MR) is 41.0 cm³/mol. The van der Waals surface area contributed by atoms with Crippen molar-refractivity contribution in [3.63, 3.8) is 0 Å². The maximum atomic E-state index is 7.31. The van der Waals surface area contributed by atoms with Gasteiger partial charge >= 0.3 is 0 Å². The van der Waals surface area contributed by atoms with Gasteiger partial charge in [0.15, 0.2) is 0 Å². The number of fused-ring (bicyclic) bond motifs is 1. The van der Waals surface area contributed by atoms with Crippen LogP contribution in [-0.4, -0.2) is 6.56 Å². The molecule has 1 aromatic rings. The molecule has 0 fully saturated rings. The predicted octanol–water partition coefficient (Wildman–Crippen LogP) is 2.09. The highest BCUT2D eigenvalue weighted by Crippen LogP contribution is 2.21. The summed E-state index contributed by atoms with van der Waals surface area (Å²) < 4.78 is 19.7. The second-order valence-corrected chi connectivity index (χ2v) is 2.09. The molecule has 0 atom stereocenters. The molecule has 1 heterocycles. The van der Waals surface area contributed by atoms with E-state index in [9.17, 15) is 0 Å². The van der Waals surface area contributed by atoms with Gasteiger partial charge in [0.1, 0.15) is 12.3 Å². The molecule has 0 aromatic heterocycles. The van der Waals surface area contributed by atoms with Gasteiger partial charge in [-0.25, -0.2) is 0 Å². The zero-order chi connectivity index (χ0) is 8.60. The average Bonchev–Trinajstić information content (AvgIpc) is 2.02. The molecule has 0 saturated heterocycles. The Morgan fingerprint density at radius 2 is 2.30 bits per heavy atom. The minimum Gasteiger partial charge on any atom is -0.489 e. The van der Waals surface area contributed by atoms with Gasteiger partial charge < -0.3 is 4.74 Å². The second-order valence-electron chi connectivity index (χ2n) is 2.09. The fourth-order valence-corrected chi connectivity index (χ4v) is 0.932. The third kappa shape index (κ3) is 0.798. The van der Waals surface area contributed by atoms with E-state index in [1.807, 2.05) is 18.2 Å². The molecule has 0 bridgehead atoms. The summed E-state index contributed by atoms with van der Waals surface area (Å²) in [5.41, 5.74) is 0.924. The molecule has 1 aromatic carbocycles. The molecular formula is C9H8O. The minimum atomic E-state index is -1.66. The van der Waals surface area contributed by atoms with Crippen molar-refractivity contribution in [2.24, 2.45) is 0 Å². The van der Waals surface area contributed by atoms with Crippen LogP contribution in [0.1, 0.15) is 8.30 Å². The van der Waals surface area contributed by atoms with Crippen LogP contribution in [0, 0.1) is 0 Å². The van der Waals surface area contributed by atoms with Gasteiger partial charge in [-0.1, -0.05) is 24.3 Å². The van der Waals surface area contributed by atoms with E-state index in [1.54, 1.807) is 12.1 Å². The monoisotopic (exact) mass is 134 g/mol. The first-order chi connectivity index (χ1) is 5.67. The number of hydrogen-bond acceptors (Lipinski definition) is 1. The molecular weight excluding hydrogens is 124 g/mol. The van der Waals surface area contributed by atoms with E-state index in [-0.39, 0.29) is 0 Å². The van der Waals surface area contributed by atoms with Gasteiger partial charge in [-0.2, -0.15) is 0 Å². The lowest BCUT2D eigenvalue weighted by molar-refractivity contribution is 0.358. The van der Waals surface area contributed by atoms with Gasteiger partial charge in [0.05, 0.1) is 2.74 Å². The molecule has 1 nitrogen and oxygen atoms in total. The summed E-state index contributed by atoms with van der Waals surface area (Å²) in [4.78, 5) is 0. The number of hydrogen-bond donors (Lipinski definition) is 0. The van der Waals surface area contributed by atoms with E-state index in [0.29, 0.717) is 5.75 Å². The number of rotatable bonds is 0. The number of ether oxygens (including phenoxy) is 1. The topological polar surface area (TPSA) is 9.23 Å². The molecule has 1 heteroatoms. The van der Waals surface area contributed by atoms with E-state index in [1.165, 1.54) is 6.08 Å². The summed E-state index contributed by atoms with van der Waals surface area (Å²) in [7, 11) is 0. The van der Waals surface area contributed by atoms with Gasteiger partial charge in [-0.3, -0.25) is 0 Å². The van der Waals surface area contributed by atoms with Crippen molar-refractivity contribution in [3.05, 3.63) is 35.9 Å². The molecule has 0 radical (unpaired) electrons. The Labute approximate surface area is 62.8 Å². The molecule has 0 unspecified atom stereocenters. The maximum absolute atomic E-state index is 7.31. The highest BCUT2D eigenvalue weighted by atomic mass is 16.5. The highest BCUT2D eigenvalue weighted by molar-refractivity contribution is 5.58. The van der Waals surface area contributed by atoms with Crippen LogP contribution in [0.15, 0.2) is 30.3 Å². The van der Waals surface area contributed by atoms with Crippen LogP contribution in [-0.2, 0) is 0 Å². The van der Waals surface area contributed by atoms with E-state index in [2.05, 4.69) is 0 Å². The smallest absolute Gasteiger partial charge is 0.126 e. The van der Waals surface area contributed by atoms with Crippen molar-refractivity contribution >= 4 is 6.08 Å². The van der Waals surface area contributed by atoms with Gasteiger partial charge in [-0.05, 0) is 12.1 Å². The van der Waals surface area contributed by atoms with E-state index < -0.39 is 6.56 Å². The van der Waals surface area contributed by atoms with Crippen molar-refractivity contribution in [1.29, 1.82) is 0 Å². The summed E-state index contributed by atoms with van der Waals surface area (Å²) in [5, 5.41) is 0. The number of benzene rings is 1. The quantitative estimate of drug-likeness (QED) is 0.528. The SMILES string of the molecule is [2H]C1([2H])C=Cc2ccccc2O1. The standard InChI is InChI=1S/C9H8O/c1-2-6-9-8(4-1)5-3-7-10-9/h1-6H,7H2/i7D2. The lowest BCUT2D eigenvalue weighted by Crippen LogP contribution is -1.98. The molecule has 1 aliphatic rings. The summed E-state index contributed by atoms with van der Waals surface area (Å²) in [6.45, 7) is -1.66. The Bertz CT molecular complexity index is 331. The van der Waals surface area contributed by atoms with Crippen molar-refractivity contribution in [1.82, 2.24) is 0 Å². The summed E-state index contributed by atoms with van der Waals surface area (Å²) >= 11 is 0. The van der Waals surface area contributed by atoms with Crippen LogP contribution in [0.25, 0.3) is 6.08 Å². The summed E-state index contributed by atoms with van der Waals surface area (Å²) in [6, 6.07) is 7.37. The normalized spacial score (nSPS) is 22.0. The maximum Gasteiger partial charge on any atom is 0.126 e. The van der Waals surface area contributed by atoms with Gasteiger partial charge in [0.2, 0.25) is 0 Å². The van der Waals surface area contributed by atoms with Crippen molar-refractivity contribution in [3.8, 4) is 5.75 Å². The first-order valence-electron chi connectivity index (χ1n) is 4.15. The van der Waals surface area contributed by atoms with Crippen molar-refractivity contribution < 1.29 is 7.48 Å². The Morgan fingerprint density at radius 3 is 3.30 bits per heavy atom. The van der Waals surface area contributed by atoms with Crippen LogP contribution in [0.4, 0.5) is 0 Å². The first kappa shape index (κ1) is 3.81. The fourth-order valence-electron chi connectivity index (χ4n) is 0.932. The lowest BCUT2D eigenvalue weighted by atomic mass is 10.1. The van der Waals surface area contributed by atoms with Crippen LogP contribution in [0.3, 0.4) is 0 Å². The minimum absolute atomic E-state index is 0.602. The summed E-state index contributed by atoms with van der Waals surface area (Å²) in [6.07, 6.45) is 3.15. The first-order valence-corrected chi connectivity index (χ1v) is 3.15. The molecule has 0 N–H and O–H groups in total. The Morgan fingerprint density at radius 1 is 1.40 bits per heavy atom. The molecule has 10 heavy (non-hydrogen) atoms. The Kier molecular flexibility index (Phi) is 0.831. The van der Waals surface area contributed by atoms with E-state index in [4.69, 9.17) is 7.48 Å². The van der Waals surface area contributed by atoms with Gasteiger partial charge in [0, 0.05) is 5.56 Å². The molecule has 0 aliphatic carbocycles. The Balaban J connectivity index is 2.46. The van der Waals surface area contributed by atoms with E-state index >= 15 is 0 Å². The van der Waals surface area contributed by atoms with Crippen LogP contribution in [0.5, 0.6) is 5.75 Å². The van der Waals surface area contributed by atoms with Gasteiger partial charge in [0.25, 0.3) is 0 Å². The molecule has 50 valence electrons. The van der Waals surface area contributed by atoms with Crippen LogP contribution < -0.4 is 4.74 Å². The average molecular weight is 134 g/mol. The van der Waals surface area contributed by atoms with Crippen LogP contribution in [0.2, 0.25) is 0 Å². The molecule has 1 aliphatic heterocycles. The van der Waals surface area contributed by atoms with Gasteiger partial charge in [-0.15, -0.1) is 0 Å². The summed E-state index contributed by atoms with van der Waals surface area (Å²) in [5.74, 6) is 0.602. The molecule has 0 saturated carbocycles. The largest absolute Gasteiger partial charge is 0.489 e. The Hall–Kier alpha value is -1.24. The third-order valence-electron chi connectivity index (χ3n) is 1.42. The molecule has 0 spiro atoms. The number of para-hydroxylation sites is 1. The second kappa shape index (κ2) is 2.18. The third-order valence-corrected chi connectivity index (χ3v) is 1.42. The molecule has 2 rings (SSSR count). The lowest BCUT2D eigenvalue weighted by Gasteiger charge is -2.10. The van der Waals surface area contributed by atoms with Crippen molar-refractivity contribution in [2.75, 3.05) is 6.56 Å². The van der Waals surface area contributed by atoms with Crippen LogP contribution >= 0.6 is 0 Å².